The number of alkyl halides is 5. The second-order valence-electron chi connectivity index (χ2n) is 10.4. The van der Waals surface area contributed by atoms with Gasteiger partial charge in [0.05, 0.1) is 16.8 Å². The van der Waals surface area contributed by atoms with Crippen molar-refractivity contribution in [2.75, 3.05) is 26.7 Å². The van der Waals surface area contributed by atoms with Gasteiger partial charge in [-0.25, -0.2) is 4.39 Å². The van der Waals surface area contributed by atoms with Crippen molar-refractivity contribution in [1.82, 2.24) is 14.4 Å². The lowest BCUT2D eigenvalue weighted by atomic mass is 9.81. The predicted octanol–water partition coefficient (Wildman–Crippen LogP) is 4.67. The van der Waals surface area contributed by atoms with E-state index in [-0.39, 0.29) is 43.7 Å². The minimum Gasteiger partial charge on any atom is -0.390 e. The van der Waals surface area contributed by atoms with Crippen molar-refractivity contribution in [3.8, 4) is 0 Å². The van der Waals surface area contributed by atoms with E-state index >= 15 is 0 Å². The topological polar surface area (TPSA) is 48.7 Å². The summed E-state index contributed by atoms with van der Waals surface area (Å²) in [5.74, 6) is -5.96. The van der Waals surface area contributed by atoms with Gasteiger partial charge in [-0.05, 0) is 63.6 Å². The van der Waals surface area contributed by atoms with Gasteiger partial charge in [0.1, 0.15) is 5.82 Å². The number of aliphatic hydroxyl groups is 1. The third-order valence-corrected chi connectivity index (χ3v) is 7.33. The molecule has 0 atom stereocenters. The largest absolute Gasteiger partial charge is 0.459 e. The number of nitrogens with zero attached hydrogens (tertiary/aromatic N) is 3. The van der Waals surface area contributed by atoms with E-state index in [1.807, 2.05) is 4.90 Å². The molecule has 198 valence electrons. The van der Waals surface area contributed by atoms with Crippen molar-refractivity contribution in [2.45, 2.75) is 62.9 Å². The molecule has 0 radical (unpaired) electrons. The first-order chi connectivity index (χ1) is 16.6. The van der Waals surface area contributed by atoms with Gasteiger partial charge in [0.15, 0.2) is 0 Å². The SMILES string of the molecule is CN1CCn2c(ccc2C(F)(F)C(F)(F)F)C12CCN(C(=O)c1ccc(CC(C)(C)O)c(F)c1)CC2. The molecule has 2 aliphatic heterocycles. The average molecular weight is 518 g/mol. The molecule has 1 saturated heterocycles. The Hall–Kier alpha value is -2.53. The van der Waals surface area contributed by atoms with Crippen LogP contribution < -0.4 is 0 Å². The molecule has 1 amide bonds. The minimum absolute atomic E-state index is 0.000499. The Labute approximate surface area is 205 Å². The van der Waals surface area contributed by atoms with E-state index in [9.17, 15) is 36.2 Å². The minimum atomic E-state index is -5.70. The summed E-state index contributed by atoms with van der Waals surface area (Å²) in [5, 5.41) is 9.93. The molecule has 11 heteroatoms. The number of piperidine rings is 1. The number of aromatic nitrogens is 1. The Kier molecular flexibility index (Phi) is 6.48. The molecule has 4 rings (SSSR count). The van der Waals surface area contributed by atoms with Crippen LogP contribution in [0.15, 0.2) is 30.3 Å². The molecular formula is C25H29F6N3O2. The molecular weight excluding hydrogens is 488 g/mol. The molecule has 2 aliphatic rings. The Balaban J connectivity index is 1.55. The zero-order chi connectivity index (χ0) is 26.7. The van der Waals surface area contributed by atoms with E-state index < -0.39 is 40.7 Å². The van der Waals surface area contributed by atoms with Gasteiger partial charge in [-0.15, -0.1) is 0 Å². The number of likely N-dealkylation sites (tertiary alicyclic amines) is 1. The Bertz CT molecular complexity index is 1140. The molecule has 1 aromatic heterocycles. The molecule has 1 fully saturated rings. The second-order valence-corrected chi connectivity index (χ2v) is 10.4. The molecule has 0 bridgehead atoms. The summed E-state index contributed by atoms with van der Waals surface area (Å²) in [5.41, 5.74) is -2.16. The second kappa shape index (κ2) is 8.79. The van der Waals surface area contributed by atoms with Gasteiger partial charge in [-0.2, -0.15) is 22.0 Å². The zero-order valence-corrected chi connectivity index (χ0v) is 20.3. The quantitative estimate of drug-likeness (QED) is 0.600. The maximum Gasteiger partial charge on any atom is 0.459 e. The maximum atomic E-state index is 14.6. The molecule has 3 heterocycles. The molecule has 0 unspecified atom stereocenters. The number of hydrogen-bond donors (Lipinski definition) is 1. The van der Waals surface area contributed by atoms with Crippen molar-refractivity contribution in [3.05, 3.63) is 58.7 Å². The molecule has 5 nitrogen and oxygen atoms in total. The van der Waals surface area contributed by atoms with Crippen LogP contribution in [-0.4, -0.2) is 63.8 Å². The van der Waals surface area contributed by atoms with Crippen molar-refractivity contribution in [2.24, 2.45) is 0 Å². The third-order valence-electron chi connectivity index (χ3n) is 7.33. The summed E-state index contributed by atoms with van der Waals surface area (Å²) in [6.07, 6.45) is -4.96. The lowest BCUT2D eigenvalue weighted by Gasteiger charge is -2.50. The molecule has 1 aromatic carbocycles. The zero-order valence-electron chi connectivity index (χ0n) is 20.3. The number of fused-ring (bicyclic) bond motifs is 2. The first-order valence-electron chi connectivity index (χ1n) is 11.7. The summed E-state index contributed by atoms with van der Waals surface area (Å²) in [6, 6.07) is 6.28. The fourth-order valence-corrected chi connectivity index (χ4v) is 5.38. The van der Waals surface area contributed by atoms with Crippen LogP contribution in [0.1, 0.15) is 54.0 Å². The molecule has 1 spiro atoms. The first kappa shape index (κ1) is 26.5. The van der Waals surface area contributed by atoms with Gasteiger partial charge in [-0.3, -0.25) is 9.69 Å². The van der Waals surface area contributed by atoms with E-state index in [1.54, 1.807) is 20.9 Å². The first-order valence-corrected chi connectivity index (χ1v) is 11.7. The van der Waals surface area contributed by atoms with Gasteiger partial charge in [-0.1, -0.05) is 6.07 Å². The van der Waals surface area contributed by atoms with Crippen LogP contribution in [0.2, 0.25) is 0 Å². The van der Waals surface area contributed by atoms with Crippen molar-refractivity contribution >= 4 is 5.91 Å². The molecule has 0 aliphatic carbocycles. The highest BCUT2D eigenvalue weighted by Crippen LogP contribution is 2.48. The van der Waals surface area contributed by atoms with Crippen LogP contribution in [-0.2, 0) is 24.4 Å². The Morgan fingerprint density at radius 1 is 1.00 bits per heavy atom. The predicted molar refractivity (Wildman–Crippen MR) is 120 cm³/mol. The maximum absolute atomic E-state index is 14.6. The number of halogens is 6. The normalized spacial score (nSPS) is 19.0. The van der Waals surface area contributed by atoms with Crippen LogP contribution in [0, 0.1) is 5.82 Å². The Morgan fingerprint density at radius 2 is 1.64 bits per heavy atom. The fraction of sp³-hybridized carbons (Fsp3) is 0.560. The smallest absolute Gasteiger partial charge is 0.390 e. The number of likely N-dealkylation sites (N-methyl/N-ethyl adjacent to an activating group) is 1. The van der Waals surface area contributed by atoms with Crippen molar-refractivity contribution < 1.29 is 36.2 Å². The van der Waals surface area contributed by atoms with Crippen LogP contribution in [0.3, 0.4) is 0 Å². The van der Waals surface area contributed by atoms with Gasteiger partial charge in [0.2, 0.25) is 0 Å². The van der Waals surface area contributed by atoms with Gasteiger partial charge >= 0.3 is 12.1 Å². The molecule has 36 heavy (non-hydrogen) atoms. The highest BCUT2D eigenvalue weighted by atomic mass is 19.4. The molecule has 0 saturated carbocycles. The molecule has 1 N–H and O–H groups in total. The van der Waals surface area contributed by atoms with Crippen molar-refractivity contribution in [3.63, 3.8) is 0 Å². The van der Waals surface area contributed by atoms with E-state index in [0.29, 0.717) is 18.5 Å². The number of carbonyl (C=O) groups is 1. The summed E-state index contributed by atoms with van der Waals surface area (Å²) >= 11 is 0. The number of carbonyl (C=O) groups excluding carboxylic acids is 1. The average Bonchev–Trinajstić information content (AvgIpc) is 3.22. The lowest BCUT2D eigenvalue weighted by Crippen LogP contribution is -2.57. The highest BCUT2D eigenvalue weighted by molar-refractivity contribution is 5.94. The third kappa shape index (κ3) is 4.51. The summed E-state index contributed by atoms with van der Waals surface area (Å²) < 4.78 is 83.2. The van der Waals surface area contributed by atoms with E-state index in [2.05, 4.69) is 0 Å². The van der Waals surface area contributed by atoms with Crippen LogP contribution in [0.25, 0.3) is 0 Å². The number of rotatable bonds is 4. The number of benzene rings is 1. The molecule has 2 aromatic rings. The standard InChI is InChI=1S/C25H29F6N3O2/c1-22(2,36)15-17-5-4-16(14-18(17)26)21(35)33-10-8-23(9-11-33)19-6-7-20(24(27,28)25(29,30)31)34(19)13-12-32(23)3/h4-7,14,36H,8-13,15H2,1-3H3. The van der Waals surface area contributed by atoms with Crippen LogP contribution in [0.5, 0.6) is 0 Å². The van der Waals surface area contributed by atoms with Crippen molar-refractivity contribution in [1.29, 1.82) is 0 Å². The van der Waals surface area contributed by atoms with E-state index in [4.69, 9.17) is 0 Å². The van der Waals surface area contributed by atoms with Crippen LogP contribution >= 0.6 is 0 Å². The Morgan fingerprint density at radius 3 is 2.19 bits per heavy atom. The summed E-state index contributed by atoms with van der Waals surface area (Å²) in [4.78, 5) is 16.5. The fourth-order valence-electron chi connectivity index (χ4n) is 5.38. The van der Waals surface area contributed by atoms with Crippen LogP contribution in [0.4, 0.5) is 26.3 Å². The summed E-state index contributed by atoms with van der Waals surface area (Å²) in [7, 11) is 1.80. The van der Waals surface area contributed by atoms with Gasteiger partial charge in [0.25, 0.3) is 5.91 Å². The highest BCUT2D eigenvalue weighted by Gasteiger charge is 2.61. The van der Waals surface area contributed by atoms with E-state index in [0.717, 1.165) is 16.7 Å². The van der Waals surface area contributed by atoms with Gasteiger partial charge < -0.3 is 14.6 Å². The van der Waals surface area contributed by atoms with E-state index in [1.165, 1.54) is 23.1 Å². The lowest BCUT2D eigenvalue weighted by molar-refractivity contribution is -0.292. The summed E-state index contributed by atoms with van der Waals surface area (Å²) in [6.45, 7) is 3.85. The number of hydrogen-bond acceptors (Lipinski definition) is 3. The van der Waals surface area contributed by atoms with Gasteiger partial charge in [0, 0.05) is 43.9 Å². The monoisotopic (exact) mass is 517 g/mol. The number of amides is 1.